The van der Waals surface area contributed by atoms with Gasteiger partial charge in [-0.3, -0.25) is 0 Å². The molecule has 2 nitrogen and oxygen atoms in total. The molecule has 0 bridgehead atoms. The van der Waals surface area contributed by atoms with Crippen LogP contribution in [0.2, 0.25) is 0 Å². The summed E-state index contributed by atoms with van der Waals surface area (Å²) in [5.41, 5.74) is 11.0. The maximum atomic E-state index is 12.7. The normalized spacial score (nSPS) is 9.95. The second kappa shape index (κ2) is 18.9. The molecule has 0 heterocycles. The summed E-state index contributed by atoms with van der Waals surface area (Å²) in [4.78, 5) is 0.191. The summed E-state index contributed by atoms with van der Waals surface area (Å²) in [5, 5.41) is 0. The van der Waals surface area contributed by atoms with Gasteiger partial charge in [-0.15, -0.1) is 0 Å². The molecule has 0 atom stereocenters. The molecule has 18 heteroatoms. The van der Waals surface area contributed by atoms with Crippen LogP contribution in [0.15, 0.2) is 48.5 Å². The van der Waals surface area contributed by atoms with E-state index in [1.54, 1.807) is 36.4 Å². The highest BCUT2D eigenvalue weighted by Crippen LogP contribution is 2.27. The topological polar surface area (TPSA) is 52.0 Å². The van der Waals surface area contributed by atoms with Gasteiger partial charge in [0.05, 0.1) is 14.3 Å². The van der Waals surface area contributed by atoms with E-state index in [4.69, 9.17) is 11.5 Å². The fraction of sp³-hybridized carbons (Fsp3) is 0. The van der Waals surface area contributed by atoms with Crippen LogP contribution < -0.4 is 11.5 Å². The Balaban J connectivity index is 0.000000294. The van der Waals surface area contributed by atoms with Crippen molar-refractivity contribution >= 4 is 125 Å². The smallest absolute Gasteiger partial charge is 0.176 e. The minimum absolute atomic E-state index is 0.0955. The quantitative estimate of drug-likeness (QED) is 0.0691. The van der Waals surface area contributed by atoms with Crippen molar-refractivity contribution in [1.29, 1.82) is 0 Å². The third-order valence-corrected chi connectivity index (χ3v) is 8.82. The van der Waals surface area contributed by atoms with Crippen molar-refractivity contribution in [3.8, 4) is 0 Å². The molecule has 4 N–H and O–H groups in total. The monoisotopic (exact) mass is 1110 g/mol. The fourth-order valence-corrected chi connectivity index (χ4v) is 4.70. The van der Waals surface area contributed by atoms with Gasteiger partial charge in [-0.05, 0) is 115 Å². The molecule has 44 heavy (non-hydrogen) atoms. The van der Waals surface area contributed by atoms with Crippen LogP contribution in [0.4, 0.5) is 43.9 Å². The summed E-state index contributed by atoms with van der Waals surface area (Å²) in [6.07, 6.45) is 0. The van der Waals surface area contributed by atoms with Crippen molar-refractivity contribution in [3.63, 3.8) is 0 Å². The number of halogens is 14. The maximum Gasteiger partial charge on any atom is 0.176 e. The SMILES string of the molecule is Fc1c(F)c(I)c(F)c(F)c1I.Fc1c(F)c(I)c(F)c(F)c1I.NC(=S)c1ccccc1F.NC(=S)c1ccccc1F. The molecule has 0 fully saturated rings. The zero-order valence-corrected chi connectivity index (χ0v) is 31.1. The van der Waals surface area contributed by atoms with Crippen LogP contribution in [0.25, 0.3) is 0 Å². The number of hydrogen-bond acceptors (Lipinski definition) is 2. The van der Waals surface area contributed by atoms with E-state index in [0.717, 1.165) is 0 Å². The van der Waals surface area contributed by atoms with Crippen molar-refractivity contribution in [2.24, 2.45) is 11.5 Å². The summed E-state index contributed by atoms with van der Waals surface area (Å²) in [6, 6.07) is 12.3. The van der Waals surface area contributed by atoms with Gasteiger partial charge in [0.1, 0.15) is 21.6 Å². The van der Waals surface area contributed by atoms with Crippen molar-refractivity contribution < 1.29 is 43.9 Å². The Kier molecular flexibility index (Phi) is 17.6. The van der Waals surface area contributed by atoms with Crippen LogP contribution >= 0.6 is 115 Å². The number of thiocarbonyl (C=S) groups is 2. The van der Waals surface area contributed by atoms with Gasteiger partial charge in [0.15, 0.2) is 46.5 Å². The standard InChI is InChI=1S/2C7H6FNS.2C6F4I2/c2*8-6-4-2-1-3-5(6)7(9)10;2*7-1-2(8)6(12)4(10)3(9)5(1)11/h2*1-4H,(H2,9,10);;. The van der Waals surface area contributed by atoms with E-state index in [1.165, 1.54) is 102 Å². The predicted octanol–water partition coefficient (Wildman–Crippen LogP) is 9.82. The van der Waals surface area contributed by atoms with Gasteiger partial charge in [0.25, 0.3) is 0 Å². The lowest BCUT2D eigenvalue weighted by atomic mass is 10.2. The second-order valence-corrected chi connectivity index (χ2v) is 12.7. The van der Waals surface area contributed by atoms with Crippen molar-refractivity contribution in [2.45, 2.75) is 0 Å². The first kappa shape index (κ1) is 40.9. The molecule has 0 aliphatic carbocycles. The van der Waals surface area contributed by atoms with Crippen molar-refractivity contribution in [3.05, 3.63) is 132 Å². The van der Waals surface area contributed by atoms with Gasteiger partial charge in [0, 0.05) is 11.1 Å². The molecule has 4 aromatic carbocycles. The molecule has 4 rings (SSSR count). The van der Waals surface area contributed by atoms with E-state index >= 15 is 0 Å². The third-order valence-electron chi connectivity index (χ3n) is 4.59. The maximum absolute atomic E-state index is 12.7. The molecule has 0 aliphatic heterocycles. The summed E-state index contributed by atoms with van der Waals surface area (Å²) >= 11 is 14.0. The van der Waals surface area contributed by atoms with E-state index in [2.05, 4.69) is 24.4 Å². The largest absolute Gasteiger partial charge is 0.389 e. The highest BCUT2D eigenvalue weighted by molar-refractivity contribution is 14.1. The van der Waals surface area contributed by atoms with Crippen LogP contribution in [0.3, 0.4) is 0 Å². The van der Waals surface area contributed by atoms with Crippen molar-refractivity contribution in [2.75, 3.05) is 0 Å². The number of benzene rings is 4. The predicted molar refractivity (Wildman–Crippen MR) is 188 cm³/mol. The fourth-order valence-electron chi connectivity index (χ4n) is 2.48. The van der Waals surface area contributed by atoms with Gasteiger partial charge >= 0.3 is 0 Å². The van der Waals surface area contributed by atoms with Crippen molar-refractivity contribution in [1.82, 2.24) is 0 Å². The summed E-state index contributed by atoms with van der Waals surface area (Å²) < 4.78 is 124. The molecule has 0 saturated carbocycles. The zero-order chi connectivity index (χ0) is 34.0. The van der Waals surface area contributed by atoms with E-state index in [-0.39, 0.29) is 21.6 Å². The molecule has 4 aromatic rings. The lowest BCUT2D eigenvalue weighted by molar-refractivity contribution is 0.437. The van der Waals surface area contributed by atoms with E-state index in [9.17, 15) is 43.9 Å². The van der Waals surface area contributed by atoms with Crippen LogP contribution in [0, 0.1) is 72.5 Å². The van der Waals surface area contributed by atoms with Gasteiger partial charge in [-0.1, -0.05) is 48.7 Å². The highest BCUT2D eigenvalue weighted by Gasteiger charge is 2.22. The van der Waals surface area contributed by atoms with Gasteiger partial charge in [-0.25, -0.2) is 43.9 Å². The van der Waals surface area contributed by atoms with Crippen LogP contribution in [-0.2, 0) is 0 Å². The first-order chi connectivity index (χ1) is 20.4. The molecular weight excluding hydrogens is 1100 g/mol. The Hall–Kier alpha value is -1.12. The summed E-state index contributed by atoms with van der Waals surface area (Å²) in [7, 11) is 0. The van der Waals surface area contributed by atoms with E-state index in [0.29, 0.717) is 11.1 Å². The minimum atomic E-state index is -1.35. The first-order valence-electron chi connectivity index (χ1n) is 10.8. The van der Waals surface area contributed by atoms with Crippen LogP contribution in [0.5, 0.6) is 0 Å². The number of nitrogens with two attached hydrogens (primary N) is 2. The van der Waals surface area contributed by atoms with E-state index in [1.807, 2.05) is 0 Å². The van der Waals surface area contributed by atoms with Gasteiger partial charge in [-0.2, -0.15) is 0 Å². The van der Waals surface area contributed by atoms with Gasteiger partial charge in [0.2, 0.25) is 0 Å². The molecule has 0 aromatic heterocycles. The summed E-state index contributed by atoms with van der Waals surface area (Å²) in [5.74, 6) is -11.5. The first-order valence-corrected chi connectivity index (χ1v) is 15.9. The Morgan fingerprint density at radius 1 is 0.409 bits per heavy atom. The Morgan fingerprint density at radius 3 is 0.727 bits per heavy atom. The molecule has 0 saturated heterocycles. The minimum Gasteiger partial charge on any atom is -0.389 e. The zero-order valence-electron chi connectivity index (χ0n) is 20.9. The number of hydrogen-bond donors (Lipinski definition) is 2. The van der Waals surface area contributed by atoms with Crippen LogP contribution in [-0.4, -0.2) is 9.98 Å². The molecule has 0 amide bonds. The van der Waals surface area contributed by atoms with Crippen LogP contribution in [0.1, 0.15) is 11.1 Å². The Morgan fingerprint density at radius 2 is 0.591 bits per heavy atom. The Labute approximate surface area is 308 Å². The lowest BCUT2D eigenvalue weighted by Gasteiger charge is -2.02. The molecular formula is C26H12F10I4N2S2. The highest BCUT2D eigenvalue weighted by atomic mass is 127. The Bertz CT molecular complexity index is 1360. The summed E-state index contributed by atoms with van der Waals surface area (Å²) in [6.45, 7) is 0. The molecule has 236 valence electrons. The second-order valence-electron chi connectivity index (χ2n) is 7.46. The van der Waals surface area contributed by atoms with E-state index < -0.39 is 60.8 Å². The number of rotatable bonds is 2. The van der Waals surface area contributed by atoms with Gasteiger partial charge < -0.3 is 11.5 Å². The lowest BCUT2D eigenvalue weighted by Crippen LogP contribution is -2.10. The third kappa shape index (κ3) is 11.0. The molecule has 0 radical (unpaired) electrons. The average Bonchev–Trinajstić information content (AvgIpc) is 3.00. The average molecular weight is 1110 g/mol. The molecule has 0 spiro atoms. The molecule has 0 aliphatic rings. The molecule has 0 unspecified atom stereocenters.